The minimum absolute atomic E-state index is 1.02. The van der Waals surface area contributed by atoms with Gasteiger partial charge in [0.25, 0.3) is 0 Å². The van der Waals surface area contributed by atoms with E-state index in [1.165, 1.54) is 30.5 Å². The number of hydrogen-bond donors (Lipinski definition) is 1. The first-order valence-electron chi connectivity index (χ1n) is 6.38. The van der Waals surface area contributed by atoms with Crippen molar-refractivity contribution in [3.63, 3.8) is 0 Å². The van der Waals surface area contributed by atoms with Crippen molar-refractivity contribution in [2.75, 3.05) is 11.9 Å². The van der Waals surface area contributed by atoms with Gasteiger partial charge in [-0.3, -0.25) is 0 Å². The molecule has 94 valence electrons. The first-order chi connectivity index (χ1) is 8.86. The fourth-order valence-electron chi connectivity index (χ4n) is 1.93. The molecule has 0 amide bonds. The lowest BCUT2D eigenvalue weighted by atomic mass is 10.1. The second-order valence-corrected chi connectivity index (χ2v) is 5.20. The highest BCUT2D eigenvalue weighted by molar-refractivity contribution is 9.10. The molecule has 18 heavy (non-hydrogen) atoms. The Morgan fingerprint density at radius 1 is 0.833 bits per heavy atom. The summed E-state index contributed by atoms with van der Waals surface area (Å²) in [6.07, 6.45) is 3.58. The maximum Gasteiger partial charge on any atom is 0.0484 e. The fourth-order valence-corrected chi connectivity index (χ4v) is 2.35. The number of unbranched alkanes of at least 4 members (excludes halogenated alkanes) is 1. The van der Waals surface area contributed by atoms with Crippen molar-refractivity contribution in [2.24, 2.45) is 0 Å². The molecule has 0 fully saturated rings. The number of nitrogens with one attached hydrogen (secondary N) is 1. The van der Waals surface area contributed by atoms with Gasteiger partial charge < -0.3 is 5.32 Å². The van der Waals surface area contributed by atoms with Crippen LogP contribution in [0.3, 0.4) is 0 Å². The number of halogens is 1. The van der Waals surface area contributed by atoms with Crippen molar-refractivity contribution < 1.29 is 0 Å². The van der Waals surface area contributed by atoms with Crippen LogP contribution in [0, 0.1) is 0 Å². The molecule has 0 atom stereocenters. The van der Waals surface area contributed by atoms with E-state index in [9.17, 15) is 0 Å². The lowest BCUT2D eigenvalue weighted by Crippen LogP contribution is -2.02. The predicted octanol–water partition coefficient (Wildman–Crippen LogP) is 4.88. The van der Waals surface area contributed by atoms with Crippen LogP contribution in [-0.4, -0.2) is 6.54 Å². The smallest absolute Gasteiger partial charge is 0.0484 e. The molecule has 0 radical (unpaired) electrons. The Bertz CT molecular complexity index is 468. The monoisotopic (exact) mass is 303 g/mol. The first kappa shape index (κ1) is 13.2. The molecule has 1 N–H and O–H groups in total. The highest BCUT2D eigenvalue weighted by Crippen LogP contribution is 2.21. The van der Waals surface area contributed by atoms with E-state index in [2.05, 4.69) is 69.8 Å². The summed E-state index contributed by atoms with van der Waals surface area (Å²) in [7, 11) is 0. The average Bonchev–Trinajstić information content (AvgIpc) is 2.42. The Hall–Kier alpha value is -1.28. The molecular formula is C16H18BrN. The maximum absolute atomic E-state index is 3.54. The Morgan fingerprint density at radius 2 is 1.56 bits per heavy atom. The van der Waals surface area contributed by atoms with E-state index in [1.807, 2.05) is 6.07 Å². The van der Waals surface area contributed by atoms with Crippen molar-refractivity contribution in [3.8, 4) is 0 Å². The lowest BCUT2D eigenvalue weighted by molar-refractivity contribution is 0.763. The zero-order chi connectivity index (χ0) is 12.6. The number of rotatable bonds is 6. The van der Waals surface area contributed by atoms with Gasteiger partial charge in [-0.1, -0.05) is 42.5 Å². The number of hydrogen-bond acceptors (Lipinski definition) is 1. The predicted molar refractivity (Wildman–Crippen MR) is 82.0 cm³/mol. The third-order valence-corrected chi connectivity index (χ3v) is 3.62. The Balaban J connectivity index is 1.66. The molecule has 0 heterocycles. The summed E-state index contributed by atoms with van der Waals surface area (Å²) in [5.41, 5.74) is 2.61. The molecular weight excluding hydrogens is 286 g/mol. The number of anilines is 1. The normalized spacial score (nSPS) is 10.3. The van der Waals surface area contributed by atoms with Gasteiger partial charge in [0.15, 0.2) is 0 Å². The van der Waals surface area contributed by atoms with Crippen LogP contribution in [0.4, 0.5) is 5.69 Å². The van der Waals surface area contributed by atoms with Gasteiger partial charge in [-0.05, 0) is 52.9 Å². The number of aryl methyl sites for hydroxylation is 1. The van der Waals surface area contributed by atoms with E-state index >= 15 is 0 Å². The van der Waals surface area contributed by atoms with E-state index in [4.69, 9.17) is 0 Å². The Labute approximate surface area is 117 Å². The molecule has 0 aliphatic heterocycles. The second kappa shape index (κ2) is 7.22. The fraction of sp³-hybridized carbons (Fsp3) is 0.250. The van der Waals surface area contributed by atoms with Gasteiger partial charge in [0.05, 0.1) is 0 Å². The molecule has 2 rings (SSSR count). The third kappa shape index (κ3) is 4.19. The third-order valence-electron chi connectivity index (χ3n) is 2.92. The zero-order valence-corrected chi connectivity index (χ0v) is 12.0. The average molecular weight is 304 g/mol. The summed E-state index contributed by atoms with van der Waals surface area (Å²) in [6, 6.07) is 18.9. The van der Waals surface area contributed by atoms with Crippen LogP contribution < -0.4 is 5.32 Å². The van der Waals surface area contributed by atoms with Crippen molar-refractivity contribution in [1.29, 1.82) is 0 Å². The molecule has 0 unspecified atom stereocenters. The van der Waals surface area contributed by atoms with E-state index in [1.54, 1.807) is 0 Å². The summed E-state index contributed by atoms with van der Waals surface area (Å²) >= 11 is 3.54. The van der Waals surface area contributed by atoms with Crippen LogP contribution in [0.25, 0.3) is 0 Å². The molecule has 0 bridgehead atoms. The van der Waals surface area contributed by atoms with Crippen LogP contribution in [0.15, 0.2) is 59.1 Å². The quantitative estimate of drug-likeness (QED) is 0.750. The second-order valence-electron chi connectivity index (χ2n) is 4.35. The lowest BCUT2D eigenvalue weighted by Gasteiger charge is -2.08. The molecule has 0 aliphatic rings. The van der Waals surface area contributed by atoms with Gasteiger partial charge in [0, 0.05) is 16.7 Å². The summed E-state index contributed by atoms with van der Waals surface area (Å²) in [4.78, 5) is 0. The molecule has 2 aromatic rings. The van der Waals surface area contributed by atoms with Gasteiger partial charge >= 0.3 is 0 Å². The first-order valence-corrected chi connectivity index (χ1v) is 7.18. The summed E-state index contributed by atoms with van der Waals surface area (Å²) in [5, 5.41) is 3.45. The van der Waals surface area contributed by atoms with Gasteiger partial charge in [-0.15, -0.1) is 0 Å². The maximum atomic E-state index is 3.54. The summed E-state index contributed by atoms with van der Waals surface area (Å²) in [6.45, 7) is 1.02. The minimum Gasteiger partial charge on any atom is -0.384 e. The van der Waals surface area contributed by atoms with Gasteiger partial charge in [0.1, 0.15) is 0 Å². The van der Waals surface area contributed by atoms with Gasteiger partial charge in [0.2, 0.25) is 0 Å². The van der Waals surface area contributed by atoms with E-state index in [0.29, 0.717) is 0 Å². The molecule has 0 aromatic heterocycles. The largest absolute Gasteiger partial charge is 0.384 e. The molecule has 0 saturated carbocycles. The summed E-state index contributed by atoms with van der Waals surface area (Å²) < 4.78 is 1.13. The van der Waals surface area contributed by atoms with E-state index < -0.39 is 0 Å². The van der Waals surface area contributed by atoms with Crippen molar-refractivity contribution >= 4 is 21.6 Å². The van der Waals surface area contributed by atoms with Crippen LogP contribution in [0.5, 0.6) is 0 Å². The molecule has 0 aliphatic carbocycles. The van der Waals surface area contributed by atoms with Crippen LogP contribution in [0.2, 0.25) is 0 Å². The SMILES string of the molecule is Brc1ccccc1NCCCCc1ccccc1. The number of para-hydroxylation sites is 1. The van der Waals surface area contributed by atoms with Crippen LogP contribution in [0.1, 0.15) is 18.4 Å². The number of benzene rings is 2. The van der Waals surface area contributed by atoms with Crippen molar-refractivity contribution in [2.45, 2.75) is 19.3 Å². The highest BCUT2D eigenvalue weighted by atomic mass is 79.9. The zero-order valence-electron chi connectivity index (χ0n) is 10.4. The Kier molecular flexibility index (Phi) is 5.28. The molecule has 2 heteroatoms. The molecule has 0 spiro atoms. The molecule has 1 nitrogen and oxygen atoms in total. The molecule has 0 saturated heterocycles. The standard InChI is InChI=1S/C16H18BrN/c17-15-11-4-5-12-16(15)18-13-7-6-10-14-8-2-1-3-9-14/h1-5,8-9,11-12,18H,6-7,10,13H2. The molecule has 2 aromatic carbocycles. The van der Waals surface area contributed by atoms with Gasteiger partial charge in [-0.2, -0.15) is 0 Å². The van der Waals surface area contributed by atoms with Gasteiger partial charge in [-0.25, -0.2) is 0 Å². The topological polar surface area (TPSA) is 12.0 Å². The van der Waals surface area contributed by atoms with Crippen LogP contribution >= 0.6 is 15.9 Å². The minimum atomic E-state index is 1.02. The van der Waals surface area contributed by atoms with Crippen molar-refractivity contribution in [3.05, 3.63) is 64.6 Å². The van der Waals surface area contributed by atoms with Crippen molar-refractivity contribution in [1.82, 2.24) is 0 Å². The highest BCUT2D eigenvalue weighted by Gasteiger charge is 1.97. The summed E-state index contributed by atoms with van der Waals surface area (Å²) in [5.74, 6) is 0. The van der Waals surface area contributed by atoms with E-state index in [-0.39, 0.29) is 0 Å². The van der Waals surface area contributed by atoms with E-state index in [0.717, 1.165) is 11.0 Å². The Morgan fingerprint density at radius 3 is 2.33 bits per heavy atom. The van der Waals surface area contributed by atoms with Crippen LogP contribution in [-0.2, 0) is 6.42 Å².